The van der Waals surface area contributed by atoms with Crippen LogP contribution in [0.2, 0.25) is 0 Å². The SMILES string of the molecule is Cc1ccccc1C(O)CCC1CO1. The van der Waals surface area contributed by atoms with E-state index in [0.717, 1.165) is 30.6 Å². The van der Waals surface area contributed by atoms with E-state index in [9.17, 15) is 5.11 Å². The van der Waals surface area contributed by atoms with Crippen molar-refractivity contribution < 1.29 is 9.84 Å². The Hall–Kier alpha value is -0.860. The van der Waals surface area contributed by atoms with Gasteiger partial charge in [-0.25, -0.2) is 0 Å². The third-order valence-corrected chi connectivity index (χ3v) is 2.71. The molecule has 0 radical (unpaired) electrons. The normalized spacial score (nSPS) is 22.0. The highest BCUT2D eigenvalue weighted by Gasteiger charge is 2.23. The van der Waals surface area contributed by atoms with E-state index in [2.05, 4.69) is 0 Å². The highest BCUT2D eigenvalue weighted by Crippen LogP contribution is 2.25. The van der Waals surface area contributed by atoms with Gasteiger partial charge in [-0.15, -0.1) is 0 Å². The van der Waals surface area contributed by atoms with Crippen LogP contribution in [-0.2, 0) is 4.74 Å². The molecule has 1 saturated heterocycles. The molecule has 2 heteroatoms. The second-order valence-corrected chi connectivity index (χ2v) is 3.91. The highest BCUT2D eigenvalue weighted by molar-refractivity contribution is 5.27. The predicted molar refractivity (Wildman–Crippen MR) is 55.1 cm³/mol. The first kappa shape index (κ1) is 9.69. The zero-order chi connectivity index (χ0) is 9.97. The Kier molecular flexibility index (Phi) is 2.85. The summed E-state index contributed by atoms with van der Waals surface area (Å²) in [6.07, 6.45) is 1.85. The number of aryl methyl sites for hydroxylation is 1. The molecule has 14 heavy (non-hydrogen) atoms. The Morgan fingerprint density at radius 3 is 2.86 bits per heavy atom. The van der Waals surface area contributed by atoms with Crippen molar-refractivity contribution in [2.24, 2.45) is 0 Å². The molecule has 0 aromatic heterocycles. The Balaban J connectivity index is 1.95. The van der Waals surface area contributed by atoms with Gasteiger partial charge in [0.1, 0.15) is 0 Å². The van der Waals surface area contributed by atoms with E-state index in [1.165, 1.54) is 0 Å². The zero-order valence-electron chi connectivity index (χ0n) is 8.44. The van der Waals surface area contributed by atoms with Gasteiger partial charge in [0.05, 0.1) is 18.8 Å². The molecule has 1 aromatic rings. The lowest BCUT2D eigenvalue weighted by Gasteiger charge is -2.12. The molecular weight excluding hydrogens is 176 g/mol. The fourth-order valence-electron chi connectivity index (χ4n) is 1.69. The van der Waals surface area contributed by atoms with E-state index in [1.807, 2.05) is 31.2 Å². The summed E-state index contributed by atoms with van der Waals surface area (Å²) in [5, 5.41) is 9.92. The summed E-state index contributed by atoms with van der Waals surface area (Å²) in [7, 11) is 0. The van der Waals surface area contributed by atoms with Crippen LogP contribution in [0, 0.1) is 6.92 Å². The molecule has 2 nitrogen and oxygen atoms in total. The van der Waals surface area contributed by atoms with Crippen molar-refractivity contribution in [1.82, 2.24) is 0 Å². The van der Waals surface area contributed by atoms with Gasteiger partial charge >= 0.3 is 0 Å². The largest absolute Gasteiger partial charge is 0.388 e. The number of epoxide rings is 1. The van der Waals surface area contributed by atoms with Crippen molar-refractivity contribution in [3.8, 4) is 0 Å². The molecule has 2 atom stereocenters. The molecule has 76 valence electrons. The molecule has 1 aliphatic heterocycles. The lowest BCUT2D eigenvalue weighted by atomic mass is 9.99. The van der Waals surface area contributed by atoms with Gasteiger partial charge in [0, 0.05) is 0 Å². The summed E-state index contributed by atoms with van der Waals surface area (Å²) in [4.78, 5) is 0. The van der Waals surface area contributed by atoms with E-state index >= 15 is 0 Å². The van der Waals surface area contributed by atoms with E-state index in [0.29, 0.717) is 6.10 Å². The first-order valence-corrected chi connectivity index (χ1v) is 5.12. The fraction of sp³-hybridized carbons (Fsp3) is 0.500. The predicted octanol–water partition coefficient (Wildman–Crippen LogP) is 2.21. The molecule has 0 saturated carbocycles. The van der Waals surface area contributed by atoms with Crippen LogP contribution in [0.15, 0.2) is 24.3 Å². The average Bonchev–Trinajstić information content (AvgIpc) is 2.98. The molecule has 0 amide bonds. The summed E-state index contributed by atoms with van der Waals surface area (Å²) in [6, 6.07) is 7.99. The van der Waals surface area contributed by atoms with Crippen LogP contribution in [-0.4, -0.2) is 17.8 Å². The van der Waals surface area contributed by atoms with Crippen molar-refractivity contribution in [3.05, 3.63) is 35.4 Å². The third kappa shape index (κ3) is 2.34. The quantitative estimate of drug-likeness (QED) is 0.742. The first-order chi connectivity index (χ1) is 6.77. The number of ether oxygens (including phenoxy) is 1. The maximum atomic E-state index is 9.92. The highest BCUT2D eigenvalue weighted by atomic mass is 16.6. The fourth-order valence-corrected chi connectivity index (χ4v) is 1.69. The topological polar surface area (TPSA) is 32.8 Å². The van der Waals surface area contributed by atoms with E-state index in [4.69, 9.17) is 4.74 Å². The number of aliphatic hydroxyl groups is 1. The van der Waals surface area contributed by atoms with Crippen LogP contribution in [0.5, 0.6) is 0 Å². The molecule has 0 spiro atoms. The molecule has 1 heterocycles. The minimum atomic E-state index is -0.333. The van der Waals surface area contributed by atoms with Crippen LogP contribution in [0.3, 0.4) is 0 Å². The minimum Gasteiger partial charge on any atom is -0.388 e. The number of rotatable bonds is 4. The second-order valence-electron chi connectivity index (χ2n) is 3.91. The first-order valence-electron chi connectivity index (χ1n) is 5.12. The Morgan fingerprint density at radius 2 is 2.21 bits per heavy atom. The molecule has 1 aliphatic rings. The molecule has 0 aliphatic carbocycles. The van der Waals surface area contributed by atoms with Gasteiger partial charge in [-0.05, 0) is 30.9 Å². The minimum absolute atomic E-state index is 0.333. The van der Waals surface area contributed by atoms with Crippen LogP contribution in [0.25, 0.3) is 0 Å². The molecule has 0 bridgehead atoms. The molecule has 1 N–H and O–H groups in total. The lowest BCUT2D eigenvalue weighted by Crippen LogP contribution is -2.01. The second kappa shape index (κ2) is 4.11. The van der Waals surface area contributed by atoms with Crippen LogP contribution >= 0.6 is 0 Å². The Morgan fingerprint density at radius 1 is 1.50 bits per heavy atom. The van der Waals surface area contributed by atoms with E-state index < -0.39 is 0 Å². The van der Waals surface area contributed by atoms with Gasteiger partial charge in [0.2, 0.25) is 0 Å². The number of benzene rings is 1. The van der Waals surface area contributed by atoms with E-state index in [-0.39, 0.29) is 6.10 Å². The van der Waals surface area contributed by atoms with Crippen molar-refractivity contribution in [2.75, 3.05) is 6.61 Å². The Bertz CT molecular complexity index is 305. The molecule has 1 fully saturated rings. The molecular formula is C12H16O2. The number of aliphatic hydroxyl groups excluding tert-OH is 1. The Labute approximate surface area is 84.5 Å². The summed E-state index contributed by atoms with van der Waals surface area (Å²) in [5.41, 5.74) is 2.21. The van der Waals surface area contributed by atoms with Gasteiger partial charge in [-0.3, -0.25) is 0 Å². The smallest absolute Gasteiger partial charge is 0.0811 e. The number of hydrogen-bond donors (Lipinski definition) is 1. The van der Waals surface area contributed by atoms with Crippen LogP contribution in [0.4, 0.5) is 0 Å². The van der Waals surface area contributed by atoms with Crippen LogP contribution in [0.1, 0.15) is 30.1 Å². The standard InChI is InChI=1S/C12H16O2/c1-9-4-2-3-5-11(9)12(13)7-6-10-8-14-10/h2-5,10,12-13H,6-8H2,1H3. The van der Waals surface area contributed by atoms with Gasteiger partial charge in [-0.1, -0.05) is 24.3 Å². The van der Waals surface area contributed by atoms with E-state index in [1.54, 1.807) is 0 Å². The zero-order valence-corrected chi connectivity index (χ0v) is 8.44. The van der Waals surface area contributed by atoms with Gasteiger partial charge in [0.25, 0.3) is 0 Å². The maximum absolute atomic E-state index is 9.92. The van der Waals surface area contributed by atoms with Gasteiger partial charge < -0.3 is 9.84 Å². The monoisotopic (exact) mass is 192 g/mol. The molecule has 1 aromatic carbocycles. The maximum Gasteiger partial charge on any atom is 0.0811 e. The van der Waals surface area contributed by atoms with Gasteiger partial charge in [0.15, 0.2) is 0 Å². The van der Waals surface area contributed by atoms with Crippen molar-refractivity contribution in [3.63, 3.8) is 0 Å². The molecule has 2 rings (SSSR count). The summed E-state index contributed by atoms with van der Waals surface area (Å²) in [6.45, 7) is 2.91. The molecule has 2 unspecified atom stereocenters. The van der Waals surface area contributed by atoms with Crippen LogP contribution < -0.4 is 0 Å². The summed E-state index contributed by atoms with van der Waals surface area (Å²) < 4.78 is 5.11. The van der Waals surface area contributed by atoms with Crippen molar-refractivity contribution in [2.45, 2.75) is 32.0 Å². The third-order valence-electron chi connectivity index (χ3n) is 2.71. The average molecular weight is 192 g/mol. The number of hydrogen-bond acceptors (Lipinski definition) is 2. The summed E-state index contributed by atoms with van der Waals surface area (Å²) >= 11 is 0. The van der Waals surface area contributed by atoms with Gasteiger partial charge in [-0.2, -0.15) is 0 Å². The summed E-state index contributed by atoms with van der Waals surface area (Å²) in [5.74, 6) is 0. The van der Waals surface area contributed by atoms with Crippen molar-refractivity contribution >= 4 is 0 Å². The van der Waals surface area contributed by atoms with Crippen molar-refractivity contribution in [1.29, 1.82) is 0 Å². The lowest BCUT2D eigenvalue weighted by molar-refractivity contribution is 0.159.